The predicted octanol–water partition coefficient (Wildman–Crippen LogP) is 2.36. The second kappa shape index (κ2) is 7.77. The number of rotatable bonds is 5. The van der Waals surface area contributed by atoms with Crippen LogP contribution in [0.3, 0.4) is 0 Å². The van der Waals surface area contributed by atoms with Crippen molar-refractivity contribution in [3.05, 3.63) is 0 Å². The highest BCUT2D eigenvalue weighted by atomic mass is 32.2. The summed E-state index contributed by atoms with van der Waals surface area (Å²) in [5.41, 5.74) is 0. The molecule has 130 valence electrons. The molecule has 0 saturated carbocycles. The van der Waals surface area contributed by atoms with Crippen LogP contribution in [0.1, 0.15) is 51.9 Å². The summed E-state index contributed by atoms with van der Waals surface area (Å²) in [7, 11) is 0. The fourth-order valence-corrected chi connectivity index (χ4v) is 5.48. The smallest absolute Gasteiger partial charge is 0.315 e. The molecule has 0 bridgehead atoms. The van der Waals surface area contributed by atoms with Gasteiger partial charge in [0, 0.05) is 30.5 Å². The van der Waals surface area contributed by atoms with Crippen LogP contribution in [0.15, 0.2) is 0 Å². The van der Waals surface area contributed by atoms with Crippen LogP contribution in [0.2, 0.25) is 0 Å². The summed E-state index contributed by atoms with van der Waals surface area (Å²) in [5.74, 6) is 2.11. The van der Waals surface area contributed by atoms with Crippen LogP contribution in [0.4, 0.5) is 4.79 Å². The van der Waals surface area contributed by atoms with Crippen molar-refractivity contribution in [1.29, 1.82) is 0 Å². The zero-order valence-electron chi connectivity index (χ0n) is 14.1. The molecule has 3 aliphatic rings. The fourth-order valence-electron chi connectivity index (χ4n) is 3.94. The van der Waals surface area contributed by atoms with E-state index in [9.17, 15) is 9.59 Å². The van der Waals surface area contributed by atoms with Gasteiger partial charge >= 0.3 is 6.03 Å². The van der Waals surface area contributed by atoms with Crippen LogP contribution in [-0.2, 0) is 4.79 Å². The Kier molecular flexibility index (Phi) is 5.72. The van der Waals surface area contributed by atoms with Crippen molar-refractivity contribution in [3.63, 3.8) is 0 Å². The number of likely N-dealkylation sites (tertiary alicyclic amines) is 1. The zero-order valence-corrected chi connectivity index (χ0v) is 14.9. The number of hydrogen-bond acceptors (Lipinski definition) is 3. The van der Waals surface area contributed by atoms with Gasteiger partial charge in [0.05, 0.1) is 12.1 Å². The Bertz CT molecular complexity index is 446. The number of nitrogens with one attached hydrogen (secondary N) is 2. The topological polar surface area (TPSA) is 61.4 Å². The van der Waals surface area contributed by atoms with E-state index >= 15 is 0 Å². The Morgan fingerprint density at radius 3 is 3.00 bits per heavy atom. The highest BCUT2D eigenvalue weighted by Gasteiger charge is 2.42. The lowest BCUT2D eigenvalue weighted by molar-refractivity contribution is -0.131. The summed E-state index contributed by atoms with van der Waals surface area (Å²) >= 11 is 1.95. The molecule has 0 aromatic rings. The minimum Gasteiger partial charge on any atom is -0.343 e. The Hall–Kier alpha value is -0.910. The first-order valence-corrected chi connectivity index (χ1v) is 10.1. The van der Waals surface area contributed by atoms with E-state index in [1.807, 2.05) is 11.8 Å². The molecule has 0 aliphatic carbocycles. The number of carbonyl (C=O) groups excluding carboxylic acids is 2. The summed E-state index contributed by atoms with van der Waals surface area (Å²) < 4.78 is 0. The molecule has 3 aliphatic heterocycles. The number of fused-ring (bicyclic) bond motifs is 1. The van der Waals surface area contributed by atoms with E-state index < -0.39 is 0 Å². The third-order valence-corrected chi connectivity index (χ3v) is 6.95. The summed E-state index contributed by atoms with van der Waals surface area (Å²) in [4.78, 5) is 25.8. The van der Waals surface area contributed by atoms with E-state index in [1.54, 1.807) is 0 Å². The van der Waals surface area contributed by atoms with Gasteiger partial charge in [0.15, 0.2) is 0 Å². The summed E-state index contributed by atoms with van der Waals surface area (Å²) in [5, 5.41) is 6.51. The zero-order chi connectivity index (χ0) is 16.2. The second-order valence-electron chi connectivity index (χ2n) is 7.28. The van der Waals surface area contributed by atoms with Gasteiger partial charge in [-0.1, -0.05) is 13.3 Å². The van der Waals surface area contributed by atoms with Crippen LogP contribution in [0.5, 0.6) is 0 Å². The molecule has 0 aromatic heterocycles. The number of amides is 3. The lowest BCUT2D eigenvalue weighted by atomic mass is 10.0. The molecule has 0 spiro atoms. The van der Waals surface area contributed by atoms with E-state index in [0.717, 1.165) is 56.9 Å². The lowest BCUT2D eigenvalue weighted by Crippen LogP contribution is -2.36. The minimum absolute atomic E-state index is 0.0177. The van der Waals surface area contributed by atoms with E-state index in [2.05, 4.69) is 22.5 Å². The maximum absolute atomic E-state index is 12.3. The molecule has 6 heteroatoms. The van der Waals surface area contributed by atoms with E-state index in [0.29, 0.717) is 23.6 Å². The van der Waals surface area contributed by atoms with Gasteiger partial charge in [-0.3, -0.25) is 4.79 Å². The average molecular weight is 340 g/mol. The number of thioether (sulfide) groups is 1. The van der Waals surface area contributed by atoms with Crippen LogP contribution >= 0.6 is 11.8 Å². The third-order valence-electron chi connectivity index (χ3n) is 5.44. The van der Waals surface area contributed by atoms with Crippen molar-refractivity contribution in [2.75, 3.05) is 18.8 Å². The molecule has 3 rings (SSSR count). The summed E-state index contributed by atoms with van der Waals surface area (Å²) in [6.45, 7) is 4.18. The first-order chi connectivity index (χ1) is 11.1. The molecule has 2 N–H and O–H groups in total. The highest BCUT2D eigenvalue weighted by molar-refractivity contribution is 8.00. The van der Waals surface area contributed by atoms with Crippen LogP contribution in [-0.4, -0.2) is 53.0 Å². The number of urea groups is 1. The van der Waals surface area contributed by atoms with E-state index in [4.69, 9.17) is 0 Å². The lowest BCUT2D eigenvalue weighted by Gasteiger charge is -2.21. The SMILES string of the molecule is C[C@@H]1CCCN(C(=O)CCCC[C@@H]2SC[C@@H]3NC(=O)N[C@@H]32)CC1. The van der Waals surface area contributed by atoms with Gasteiger partial charge in [-0.25, -0.2) is 4.79 Å². The number of hydrogen-bond donors (Lipinski definition) is 2. The van der Waals surface area contributed by atoms with Crippen molar-refractivity contribution in [2.24, 2.45) is 5.92 Å². The van der Waals surface area contributed by atoms with Crippen LogP contribution in [0.25, 0.3) is 0 Å². The van der Waals surface area contributed by atoms with Crippen LogP contribution < -0.4 is 10.6 Å². The van der Waals surface area contributed by atoms with Gasteiger partial charge in [0.2, 0.25) is 5.91 Å². The van der Waals surface area contributed by atoms with Crippen molar-refractivity contribution in [2.45, 2.75) is 69.2 Å². The quantitative estimate of drug-likeness (QED) is 0.597. The number of nitrogens with zero attached hydrogens (tertiary/aromatic N) is 1. The van der Waals surface area contributed by atoms with Gasteiger partial charge in [-0.2, -0.15) is 11.8 Å². The largest absolute Gasteiger partial charge is 0.343 e. The van der Waals surface area contributed by atoms with Crippen molar-refractivity contribution in [3.8, 4) is 0 Å². The molecule has 4 atom stereocenters. The van der Waals surface area contributed by atoms with Gasteiger partial charge in [0.1, 0.15) is 0 Å². The Balaban J connectivity index is 1.33. The first-order valence-electron chi connectivity index (χ1n) is 9.10. The van der Waals surface area contributed by atoms with Gasteiger partial charge in [0.25, 0.3) is 0 Å². The van der Waals surface area contributed by atoms with Gasteiger partial charge in [-0.15, -0.1) is 0 Å². The minimum atomic E-state index is -0.0177. The van der Waals surface area contributed by atoms with Crippen LogP contribution in [0, 0.1) is 5.92 Å². The maximum atomic E-state index is 12.3. The molecule has 3 fully saturated rings. The monoisotopic (exact) mass is 339 g/mol. The first kappa shape index (κ1) is 16.9. The highest BCUT2D eigenvalue weighted by Crippen LogP contribution is 2.33. The van der Waals surface area contributed by atoms with Crippen molar-refractivity contribution in [1.82, 2.24) is 15.5 Å². The molecule has 23 heavy (non-hydrogen) atoms. The molecule has 3 amide bonds. The standard InChI is InChI=1S/C17H29N3O2S/c1-12-5-4-9-20(10-8-12)15(21)7-3-2-6-14-16-13(11-23-14)18-17(22)19-16/h12-14,16H,2-11H2,1H3,(H2,18,19,22)/t12-,13+,14+,16+/m1/s1. The molecule has 0 aromatic carbocycles. The molecule has 0 unspecified atom stereocenters. The van der Waals surface area contributed by atoms with E-state index in [-0.39, 0.29) is 12.1 Å². The Labute approximate surface area is 143 Å². The van der Waals surface area contributed by atoms with E-state index in [1.165, 1.54) is 6.42 Å². The maximum Gasteiger partial charge on any atom is 0.315 e. The van der Waals surface area contributed by atoms with Gasteiger partial charge < -0.3 is 15.5 Å². The molecular weight excluding hydrogens is 310 g/mol. The number of carbonyl (C=O) groups is 2. The Morgan fingerprint density at radius 2 is 2.13 bits per heavy atom. The molecule has 0 radical (unpaired) electrons. The molecular formula is C17H29N3O2S. The third kappa shape index (κ3) is 4.34. The van der Waals surface area contributed by atoms with Gasteiger partial charge in [-0.05, 0) is 38.0 Å². The summed E-state index contributed by atoms with van der Waals surface area (Å²) in [6, 6.07) is 0.574. The molecule has 5 nitrogen and oxygen atoms in total. The summed E-state index contributed by atoms with van der Waals surface area (Å²) in [6.07, 6.45) is 7.39. The normalized spacial score (nSPS) is 33.8. The molecule has 3 heterocycles. The predicted molar refractivity (Wildman–Crippen MR) is 93.6 cm³/mol. The van der Waals surface area contributed by atoms with Crippen molar-refractivity contribution < 1.29 is 9.59 Å². The fraction of sp³-hybridized carbons (Fsp3) is 0.882. The molecule has 3 saturated heterocycles. The Morgan fingerprint density at radius 1 is 1.26 bits per heavy atom. The second-order valence-corrected chi connectivity index (χ2v) is 8.56. The van der Waals surface area contributed by atoms with Crippen molar-refractivity contribution >= 4 is 23.7 Å². The number of unbranched alkanes of at least 4 members (excludes halogenated alkanes) is 1. The average Bonchev–Trinajstić information content (AvgIpc) is 2.97.